The van der Waals surface area contributed by atoms with Crippen LogP contribution >= 0.6 is 0 Å². The number of nitrogens with one attached hydrogen (secondary N) is 1. The van der Waals surface area contributed by atoms with Crippen molar-refractivity contribution < 1.29 is 13.2 Å². The summed E-state index contributed by atoms with van der Waals surface area (Å²) >= 11 is 0. The van der Waals surface area contributed by atoms with Crippen molar-refractivity contribution in [2.45, 2.75) is 25.0 Å². The van der Waals surface area contributed by atoms with Gasteiger partial charge >= 0.3 is 0 Å². The number of amides is 1. The van der Waals surface area contributed by atoms with E-state index < -0.39 is 15.1 Å². The second-order valence-electron chi connectivity index (χ2n) is 4.82. The Morgan fingerprint density at radius 3 is 2.71 bits per heavy atom. The van der Waals surface area contributed by atoms with Crippen LogP contribution in [-0.4, -0.2) is 57.4 Å². The Balaban J connectivity index is 2.63. The molecule has 6 heteroatoms. The number of hydrogen-bond acceptors (Lipinski definition) is 4. The molecule has 5 nitrogen and oxygen atoms in total. The Kier molecular flexibility index (Phi) is 4.94. The van der Waals surface area contributed by atoms with Crippen molar-refractivity contribution in [1.82, 2.24) is 10.2 Å². The number of hydrogen-bond donors (Lipinski definition) is 1. The second kappa shape index (κ2) is 5.82. The molecule has 1 fully saturated rings. The van der Waals surface area contributed by atoms with Gasteiger partial charge in [0.15, 0.2) is 9.84 Å². The monoisotopic (exact) mass is 262 g/mol. The van der Waals surface area contributed by atoms with Crippen LogP contribution in [-0.2, 0) is 14.6 Å². The van der Waals surface area contributed by atoms with Crippen LogP contribution in [0.1, 0.15) is 19.8 Å². The SMILES string of the molecule is CNCC1CCCN(C(=O)C(C)S(C)(=O)=O)C1. The van der Waals surface area contributed by atoms with E-state index in [2.05, 4.69) is 5.32 Å². The second-order valence-corrected chi connectivity index (χ2v) is 7.19. The molecule has 1 amide bonds. The average Bonchev–Trinajstić information content (AvgIpc) is 2.27. The number of nitrogens with zero attached hydrogens (tertiary/aromatic N) is 1. The van der Waals surface area contributed by atoms with Gasteiger partial charge in [0.2, 0.25) is 5.91 Å². The molecule has 100 valence electrons. The van der Waals surface area contributed by atoms with Crippen LogP contribution < -0.4 is 5.32 Å². The van der Waals surface area contributed by atoms with E-state index in [1.165, 1.54) is 6.92 Å². The number of piperidine rings is 1. The summed E-state index contributed by atoms with van der Waals surface area (Å²) in [6.45, 7) is 3.69. The number of likely N-dealkylation sites (tertiary alicyclic amines) is 1. The molecule has 0 bridgehead atoms. The van der Waals surface area contributed by atoms with Gasteiger partial charge in [-0.15, -0.1) is 0 Å². The Hall–Kier alpha value is -0.620. The molecule has 17 heavy (non-hydrogen) atoms. The van der Waals surface area contributed by atoms with Crippen molar-refractivity contribution in [3.8, 4) is 0 Å². The van der Waals surface area contributed by atoms with Gasteiger partial charge in [0.05, 0.1) is 0 Å². The van der Waals surface area contributed by atoms with Crippen molar-refractivity contribution in [2.75, 3.05) is 32.9 Å². The van der Waals surface area contributed by atoms with E-state index in [1.54, 1.807) is 4.90 Å². The quantitative estimate of drug-likeness (QED) is 0.767. The first-order valence-corrected chi connectivity index (χ1v) is 7.94. The summed E-state index contributed by atoms with van der Waals surface area (Å²) in [5.41, 5.74) is 0. The lowest BCUT2D eigenvalue weighted by Gasteiger charge is -2.34. The number of carbonyl (C=O) groups excluding carboxylic acids is 1. The predicted octanol–water partition coefficient (Wildman–Crippen LogP) is -0.122. The highest BCUT2D eigenvalue weighted by Gasteiger charge is 2.31. The summed E-state index contributed by atoms with van der Waals surface area (Å²) < 4.78 is 22.7. The zero-order valence-corrected chi connectivity index (χ0v) is 11.6. The summed E-state index contributed by atoms with van der Waals surface area (Å²) in [7, 11) is -1.40. The Morgan fingerprint density at radius 1 is 1.53 bits per heavy atom. The Bertz CT molecular complexity index is 365. The van der Waals surface area contributed by atoms with E-state index in [9.17, 15) is 13.2 Å². The lowest BCUT2D eigenvalue weighted by molar-refractivity contribution is -0.132. The van der Waals surface area contributed by atoms with Gasteiger partial charge < -0.3 is 10.2 Å². The highest BCUT2D eigenvalue weighted by atomic mass is 32.2. The molecular weight excluding hydrogens is 240 g/mol. The number of rotatable bonds is 4. The minimum atomic E-state index is -3.29. The molecule has 0 saturated carbocycles. The maximum absolute atomic E-state index is 12.0. The van der Waals surface area contributed by atoms with Crippen molar-refractivity contribution in [2.24, 2.45) is 5.92 Å². The normalized spacial score (nSPS) is 23.5. The highest BCUT2D eigenvalue weighted by Crippen LogP contribution is 2.17. The van der Waals surface area contributed by atoms with Crippen molar-refractivity contribution >= 4 is 15.7 Å². The molecule has 2 unspecified atom stereocenters. The zero-order chi connectivity index (χ0) is 13.1. The van der Waals surface area contributed by atoms with E-state index in [0.29, 0.717) is 19.0 Å². The van der Waals surface area contributed by atoms with E-state index in [1.807, 2.05) is 7.05 Å². The Labute approximate surface area is 103 Å². The average molecular weight is 262 g/mol. The first kappa shape index (κ1) is 14.4. The van der Waals surface area contributed by atoms with Gasteiger partial charge in [0, 0.05) is 19.3 Å². The highest BCUT2D eigenvalue weighted by molar-refractivity contribution is 7.92. The third-order valence-electron chi connectivity index (χ3n) is 3.31. The maximum atomic E-state index is 12.0. The fourth-order valence-corrected chi connectivity index (χ4v) is 2.68. The van der Waals surface area contributed by atoms with E-state index in [4.69, 9.17) is 0 Å². The van der Waals surface area contributed by atoms with Crippen LogP contribution in [0.15, 0.2) is 0 Å². The molecule has 0 aliphatic carbocycles. The lowest BCUT2D eigenvalue weighted by Crippen LogP contribution is -2.47. The standard InChI is InChI=1S/C11H22N2O3S/c1-9(17(3,15)16)11(14)13-6-4-5-10(8-13)7-12-2/h9-10,12H,4-8H2,1-3H3. The number of sulfone groups is 1. The summed E-state index contributed by atoms with van der Waals surface area (Å²) in [4.78, 5) is 13.7. The molecule has 0 spiro atoms. The van der Waals surface area contributed by atoms with Crippen LogP contribution in [0.5, 0.6) is 0 Å². The van der Waals surface area contributed by atoms with Gasteiger partial charge in [-0.05, 0) is 39.3 Å². The summed E-state index contributed by atoms with van der Waals surface area (Å²) in [5, 5.41) is 2.18. The molecule has 0 radical (unpaired) electrons. The lowest BCUT2D eigenvalue weighted by atomic mass is 9.98. The van der Waals surface area contributed by atoms with E-state index >= 15 is 0 Å². The van der Waals surface area contributed by atoms with Crippen molar-refractivity contribution in [1.29, 1.82) is 0 Å². The van der Waals surface area contributed by atoms with Gasteiger partial charge in [0.1, 0.15) is 5.25 Å². The van der Waals surface area contributed by atoms with Crippen LogP contribution in [0.2, 0.25) is 0 Å². The van der Waals surface area contributed by atoms with E-state index in [-0.39, 0.29) is 5.91 Å². The fraction of sp³-hybridized carbons (Fsp3) is 0.909. The van der Waals surface area contributed by atoms with Gasteiger partial charge in [-0.3, -0.25) is 4.79 Å². The topological polar surface area (TPSA) is 66.5 Å². The molecule has 1 N–H and O–H groups in total. The van der Waals surface area contributed by atoms with Crippen LogP contribution in [0.4, 0.5) is 0 Å². The van der Waals surface area contributed by atoms with Crippen molar-refractivity contribution in [3.05, 3.63) is 0 Å². The molecule has 0 aromatic rings. The molecule has 1 rings (SSSR count). The predicted molar refractivity (Wildman–Crippen MR) is 67.5 cm³/mol. The molecule has 0 aromatic carbocycles. The third kappa shape index (κ3) is 3.96. The summed E-state index contributed by atoms with van der Waals surface area (Å²) in [6.07, 6.45) is 3.16. The summed E-state index contributed by atoms with van der Waals surface area (Å²) in [5.74, 6) is 0.178. The van der Waals surface area contributed by atoms with Crippen LogP contribution in [0.25, 0.3) is 0 Å². The largest absolute Gasteiger partial charge is 0.341 e. The smallest absolute Gasteiger partial charge is 0.240 e. The molecule has 1 aliphatic rings. The van der Waals surface area contributed by atoms with Crippen LogP contribution in [0, 0.1) is 5.92 Å². The molecule has 0 aromatic heterocycles. The minimum Gasteiger partial charge on any atom is -0.341 e. The summed E-state index contributed by atoms with van der Waals surface area (Å²) in [6, 6.07) is 0. The van der Waals surface area contributed by atoms with Gasteiger partial charge in [-0.25, -0.2) is 8.42 Å². The molecule has 1 aliphatic heterocycles. The van der Waals surface area contributed by atoms with Gasteiger partial charge in [-0.2, -0.15) is 0 Å². The Morgan fingerprint density at radius 2 is 2.18 bits per heavy atom. The zero-order valence-electron chi connectivity index (χ0n) is 10.8. The fourth-order valence-electron chi connectivity index (χ4n) is 2.16. The minimum absolute atomic E-state index is 0.256. The third-order valence-corrected chi connectivity index (χ3v) is 4.80. The first-order chi connectivity index (χ1) is 7.86. The number of carbonyl (C=O) groups is 1. The van der Waals surface area contributed by atoms with E-state index in [0.717, 1.165) is 25.6 Å². The van der Waals surface area contributed by atoms with Gasteiger partial charge in [0.25, 0.3) is 0 Å². The molecular formula is C11H22N2O3S. The van der Waals surface area contributed by atoms with Gasteiger partial charge in [-0.1, -0.05) is 0 Å². The first-order valence-electron chi connectivity index (χ1n) is 5.98. The maximum Gasteiger partial charge on any atom is 0.240 e. The van der Waals surface area contributed by atoms with Crippen molar-refractivity contribution in [3.63, 3.8) is 0 Å². The molecule has 1 saturated heterocycles. The molecule has 1 heterocycles. The van der Waals surface area contributed by atoms with Crippen LogP contribution in [0.3, 0.4) is 0 Å². The molecule has 2 atom stereocenters.